The lowest BCUT2D eigenvalue weighted by molar-refractivity contribution is -0.133. The van der Waals surface area contributed by atoms with Crippen molar-refractivity contribution in [2.45, 2.75) is 31.8 Å². The number of carbonyl (C=O) groups is 1. The Kier molecular flexibility index (Phi) is 5.38. The monoisotopic (exact) mass is 357 g/mol. The highest BCUT2D eigenvalue weighted by Crippen LogP contribution is 2.31. The number of piperidine rings is 1. The van der Waals surface area contributed by atoms with Gasteiger partial charge in [-0.2, -0.15) is 0 Å². The van der Waals surface area contributed by atoms with Crippen molar-refractivity contribution in [2.24, 2.45) is 5.73 Å². The third-order valence-corrected chi connectivity index (χ3v) is 4.93. The smallest absolute Gasteiger partial charge is 0.223 e. The summed E-state index contributed by atoms with van der Waals surface area (Å²) in [5, 5.41) is 12.1. The van der Waals surface area contributed by atoms with Gasteiger partial charge in [0.2, 0.25) is 5.91 Å². The van der Waals surface area contributed by atoms with Gasteiger partial charge in [0, 0.05) is 62.3 Å². The minimum Gasteiger partial charge on any atom is -0.386 e. The Morgan fingerprint density at radius 3 is 3.08 bits per heavy atom. The van der Waals surface area contributed by atoms with Gasteiger partial charge in [0.1, 0.15) is 0 Å². The largest absolute Gasteiger partial charge is 0.386 e. The van der Waals surface area contributed by atoms with E-state index >= 15 is 0 Å². The number of hydrogen-bond donors (Lipinski definition) is 2. The molecule has 1 fully saturated rings. The molecular weight excluding hydrogens is 330 g/mol. The zero-order valence-electron chi connectivity index (χ0n) is 15.5. The van der Waals surface area contributed by atoms with Gasteiger partial charge in [0.15, 0.2) is 0 Å². The summed E-state index contributed by atoms with van der Waals surface area (Å²) in [6.45, 7) is 3.93. The number of amides is 1. The molecule has 3 N–H and O–H groups in total. The maximum Gasteiger partial charge on any atom is 0.223 e. The van der Waals surface area contributed by atoms with E-state index in [0.717, 1.165) is 35.2 Å². The molecular formula is C19H27N5O2. The molecule has 1 aliphatic rings. The minimum absolute atomic E-state index is 0.0348. The SMILES string of the molecule is Cc1cc(N2CCC[C@@](O)(CN(C)C(=O)CCN)C2)c2cnccc2n1. The number of anilines is 1. The molecule has 1 amide bonds. The zero-order chi connectivity index (χ0) is 18.7. The highest BCUT2D eigenvalue weighted by Gasteiger charge is 2.36. The van der Waals surface area contributed by atoms with Gasteiger partial charge in [-0.15, -0.1) is 0 Å². The van der Waals surface area contributed by atoms with Crippen molar-refractivity contribution in [3.8, 4) is 0 Å². The Labute approximate surface area is 153 Å². The van der Waals surface area contributed by atoms with Crippen molar-refractivity contribution < 1.29 is 9.90 Å². The highest BCUT2D eigenvalue weighted by molar-refractivity contribution is 5.91. The number of hydrogen-bond acceptors (Lipinski definition) is 6. The Balaban J connectivity index is 1.83. The molecule has 0 saturated carbocycles. The Morgan fingerprint density at radius 1 is 1.50 bits per heavy atom. The normalized spacial score (nSPS) is 20.4. The zero-order valence-corrected chi connectivity index (χ0v) is 15.5. The van der Waals surface area contributed by atoms with E-state index in [0.29, 0.717) is 32.5 Å². The second-order valence-corrected chi connectivity index (χ2v) is 7.21. The van der Waals surface area contributed by atoms with E-state index in [1.165, 1.54) is 0 Å². The number of nitrogens with zero attached hydrogens (tertiary/aromatic N) is 4. The van der Waals surface area contributed by atoms with Crippen LogP contribution >= 0.6 is 0 Å². The lowest BCUT2D eigenvalue weighted by Gasteiger charge is -2.42. The minimum atomic E-state index is -0.942. The van der Waals surface area contributed by atoms with Gasteiger partial charge in [-0.05, 0) is 31.9 Å². The number of rotatable bonds is 5. The van der Waals surface area contributed by atoms with Crippen LogP contribution in [0.3, 0.4) is 0 Å². The third kappa shape index (κ3) is 3.94. The number of aromatic nitrogens is 2. The summed E-state index contributed by atoms with van der Waals surface area (Å²) in [5.74, 6) is -0.0348. The van der Waals surface area contributed by atoms with Crippen molar-refractivity contribution in [3.05, 3.63) is 30.2 Å². The summed E-state index contributed by atoms with van der Waals surface area (Å²) in [4.78, 5) is 24.6. The Bertz CT molecular complexity index is 797. The summed E-state index contributed by atoms with van der Waals surface area (Å²) in [5.41, 5.74) is 7.40. The number of aliphatic hydroxyl groups is 1. The van der Waals surface area contributed by atoms with E-state index in [-0.39, 0.29) is 5.91 Å². The van der Waals surface area contributed by atoms with Gasteiger partial charge in [-0.25, -0.2) is 0 Å². The molecule has 1 aliphatic heterocycles. The molecule has 0 unspecified atom stereocenters. The van der Waals surface area contributed by atoms with E-state index in [9.17, 15) is 9.90 Å². The van der Waals surface area contributed by atoms with Crippen molar-refractivity contribution in [2.75, 3.05) is 38.1 Å². The van der Waals surface area contributed by atoms with Crippen LogP contribution < -0.4 is 10.6 Å². The van der Waals surface area contributed by atoms with Crippen molar-refractivity contribution >= 4 is 22.5 Å². The standard InChI is InChI=1S/C19H27N5O2/c1-14-10-17(15-11-21-8-5-16(15)22-14)24-9-3-6-19(26,13-24)12-23(2)18(25)4-7-20/h5,8,10-11,26H,3-4,6-7,9,12-13,20H2,1-2H3/t19-/m1/s1. The van der Waals surface area contributed by atoms with Crippen molar-refractivity contribution in [1.82, 2.24) is 14.9 Å². The van der Waals surface area contributed by atoms with Gasteiger partial charge in [-0.3, -0.25) is 14.8 Å². The van der Waals surface area contributed by atoms with Crippen molar-refractivity contribution in [3.63, 3.8) is 0 Å². The molecule has 1 atom stereocenters. The second kappa shape index (κ2) is 7.55. The summed E-state index contributed by atoms with van der Waals surface area (Å²) in [6, 6.07) is 3.94. The van der Waals surface area contributed by atoms with Crippen LogP contribution in [-0.4, -0.2) is 64.7 Å². The number of carbonyl (C=O) groups excluding carboxylic acids is 1. The molecule has 3 rings (SSSR count). The van der Waals surface area contributed by atoms with Crippen LogP contribution in [0.1, 0.15) is 25.0 Å². The summed E-state index contributed by atoms with van der Waals surface area (Å²) in [7, 11) is 1.73. The van der Waals surface area contributed by atoms with E-state index in [1.807, 2.05) is 25.3 Å². The first-order valence-corrected chi connectivity index (χ1v) is 9.04. The number of β-amino-alcohol motifs (C(OH)–C–C–N with tert-alkyl or cyclic N) is 1. The molecule has 7 heteroatoms. The molecule has 0 bridgehead atoms. The lowest BCUT2D eigenvalue weighted by atomic mass is 9.91. The molecule has 3 heterocycles. The van der Waals surface area contributed by atoms with E-state index in [1.54, 1.807) is 18.1 Å². The number of pyridine rings is 2. The maximum absolute atomic E-state index is 12.0. The average molecular weight is 357 g/mol. The molecule has 0 aliphatic carbocycles. The van der Waals surface area contributed by atoms with Crippen LogP contribution in [0, 0.1) is 6.92 Å². The first-order valence-electron chi connectivity index (χ1n) is 9.04. The number of fused-ring (bicyclic) bond motifs is 1. The first kappa shape index (κ1) is 18.5. The second-order valence-electron chi connectivity index (χ2n) is 7.21. The average Bonchev–Trinajstić information content (AvgIpc) is 2.60. The quantitative estimate of drug-likeness (QED) is 0.831. The first-order chi connectivity index (χ1) is 12.4. The predicted molar refractivity (Wildman–Crippen MR) is 102 cm³/mol. The van der Waals surface area contributed by atoms with Gasteiger partial charge in [0.25, 0.3) is 0 Å². The summed E-state index contributed by atoms with van der Waals surface area (Å²) < 4.78 is 0. The molecule has 2 aromatic rings. The molecule has 0 spiro atoms. The van der Waals surface area contributed by atoms with Gasteiger partial charge < -0.3 is 20.6 Å². The Hall–Kier alpha value is -2.25. The van der Waals surface area contributed by atoms with Crippen LogP contribution in [0.4, 0.5) is 5.69 Å². The van der Waals surface area contributed by atoms with Crippen LogP contribution in [0.25, 0.3) is 10.9 Å². The van der Waals surface area contributed by atoms with Gasteiger partial charge >= 0.3 is 0 Å². The van der Waals surface area contributed by atoms with Gasteiger partial charge in [-0.1, -0.05) is 0 Å². The molecule has 7 nitrogen and oxygen atoms in total. The van der Waals surface area contributed by atoms with Crippen LogP contribution in [0.2, 0.25) is 0 Å². The maximum atomic E-state index is 12.0. The van der Waals surface area contributed by atoms with Crippen LogP contribution in [0.15, 0.2) is 24.5 Å². The molecule has 140 valence electrons. The van der Waals surface area contributed by atoms with E-state index < -0.39 is 5.60 Å². The number of likely N-dealkylation sites (N-methyl/N-ethyl adjacent to an activating group) is 1. The topological polar surface area (TPSA) is 95.6 Å². The number of nitrogens with two attached hydrogens (primary N) is 1. The van der Waals surface area contributed by atoms with Crippen LogP contribution in [0.5, 0.6) is 0 Å². The molecule has 26 heavy (non-hydrogen) atoms. The lowest BCUT2D eigenvalue weighted by Crippen LogP contribution is -2.54. The fourth-order valence-corrected chi connectivity index (χ4v) is 3.73. The van der Waals surface area contributed by atoms with Crippen LogP contribution in [-0.2, 0) is 4.79 Å². The van der Waals surface area contributed by atoms with Gasteiger partial charge in [0.05, 0.1) is 17.7 Å². The number of aryl methyl sites for hydroxylation is 1. The van der Waals surface area contributed by atoms with E-state index in [2.05, 4.69) is 14.9 Å². The molecule has 0 aromatic carbocycles. The summed E-state index contributed by atoms with van der Waals surface area (Å²) >= 11 is 0. The van der Waals surface area contributed by atoms with E-state index in [4.69, 9.17) is 5.73 Å². The third-order valence-electron chi connectivity index (χ3n) is 4.93. The fourth-order valence-electron chi connectivity index (χ4n) is 3.73. The molecule has 0 radical (unpaired) electrons. The highest BCUT2D eigenvalue weighted by atomic mass is 16.3. The Morgan fingerprint density at radius 2 is 2.31 bits per heavy atom. The van der Waals surface area contributed by atoms with Crippen molar-refractivity contribution in [1.29, 1.82) is 0 Å². The predicted octanol–water partition coefficient (Wildman–Crippen LogP) is 1.08. The fraction of sp³-hybridized carbons (Fsp3) is 0.526. The summed E-state index contributed by atoms with van der Waals surface area (Å²) in [6.07, 6.45) is 5.39. The molecule has 2 aromatic heterocycles. The molecule has 1 saturated heterocycles.